The molecule has 0 N–H and O–H groups in total. The van der Waals surface area contributed by atoms with Gasteiger partial charge in [0.05, 0.1) is 22.8 Å². The smallest absolute Gasteiger partial charge is 0.145 e. The zero-order valence-corrected chi connectivity index (χ0v) is 38.6. The molecule has 9 aromatic rings. The van der Waals surface area contributed by atoms with Crippen LogP contribution in [0.2, 0.25) is 0 Å². The van der Waals surface area contributed by atoms with Crippen molar-refractivity contribution < 1.29 is 13.2 Å². The third-order valence-corrected chi connectivity index (χ3v) is 12.8. The van der Waals surface area contributed by atoms with Crippen LogP contribution in [0.5, 0.6) is 0 Å². The maximum atomic E-state index is 16.0. The molecule has 9 rings (SSSR count). The van der Waals surface area contributed by atoms with Gasteiger partial charge in [0, 0.05) is 59.2 Å². The average molecular weight is 864 g/mol. The summed E-state index contributed by atoms with van der Waals surface area (Å²) in [5.74, 6) is -0.495. The Kier molecular flexibility index (Phi) is 11.1. The second-order valence-corrected chi connectivity index (χ2v) is 17.8. The Labute approximate surface area is 379 Å². The van der Waals surface area contributed by atoms with Crippen LogP contribution in [0, 0.1) is 79.8 Å². The van der Waals surface area contributed by atoms with Crippen LogP contribution < -0.4 is 0 Å². The van der Waals surface area contributed by atoms with E-state index in [-0.39, 0.29) is 0 Å². The van der Waals surface area contributed by atoms with Crippen molar-refractivity contribution in [3.8, 4) is 62.2 Å². The Bertz CT molecular complexity index is 3260. The topological polar surface area (TPSA) is 40.6 Å². The number of imidazole rings is 2. The largest absolute Gasteiger partial charge is 0.315 e. The van der Waals surface area contributed by atoms with Gasteiger partial charge >= 0.3 is 0 Å². The summed E-state index contributed by atoms with van der Waals surface area (Å²) in [4.78, 5) is 9.78. The first-order valence-corrected chi connectivity index (χ1v) is 22.0. The molecule has 0 saturated heterocycles. The lowest BCUT2D eigenvalue weighted by molar-refractivity contribution is 0.621. The molecule has 6 aromatic carbocycles. The molecule has 3 aromatic heterocycles. The fourth-order valence-corrected chi connectivity index (χ4v) is 10.4. The van der Waals surface area contributed by atoms with Gasteiger partial charge in [0.25, 0.3) is 0 Å². The summed E-state index contributed by atoms with van der Waals surface area (Å²) in [6.07, 6.45) is 9.42. The molecule has 0 saturated carbocycles. The Morgan fingerprint density at radius 1 is 0.385 bits per heavy atom. The van der Waals surface area contributed by atoms with Crippen molar-refractivity contribution in [2.45, 2.75) is 75.2 Å². The normalized spacial score (nSPS) is 12.0. The molecule has 326 valence electrons. The highest BCUT2D eigenvalue weighted by Crippen LogP contribution is 2.46. The van der Waals surface area contributed by atoms with Crippen molar-refractivity contribution in [3.63, 3.8) is 0 Å². The molecule has 5 nitrogen and oxygen atoms in total. The van der Waals surface area contributed by atoms with Gasteiger partial charge in [-0.3, -0.25) is 9.13 Å². The molecule has 0 aliphatic carbocycles. The van der Waals surface area contributed by atoms with Gasteiger partial charge in [-0.2, -0.15) is 0 Å². The van der Waals surface area contributed by atoms with E-state index in [2.05, 4.69) is 112 Å². The van der Waals surface area contributed by atoms with Gasteiger partial charge in [-0.25, -0.2) is 23.1 Å². The number of aryl methyl sites for hydroxylation is 9. The molecule has 0 spiro atoms. The fourth-order valence-electron chi connectivity index (χ4n) is 10.4. The molecule has 65 heavy (non-hydrogen) atoms. The molecule has 0 aliphatic rings. The highest BCUT2D eigenvalue weighted by molar-refractivity contribution is 5.92. The van der Waals surface area contributed by atoms with E-state index in [4.69, 9.17) is 9.97 Å². The molecule has 1 atom stereocenters. The van der Waals surface area contributed by atoms with Crippen molar-refractivity contribution in [1.29, 1.82) is 0 Å². The monoisotopic (exact) mass is 863 g/mol. The number of rotatable bonds is 9. The highest BCUT2D eigenvalue weighted by atomic mass is 19.1. The van der Waals surface area contributed by atoms with E-state index >= 15 is 13.2 Å². The van der Waals surface area contributed by atoms with E-state index < -0.39 is 23.4 Å². The summed E-state index contributed by atoms with van der Waals surface area (Å²) in [5.41, 5.74) is 18.4. The zero-order chi connectivity index (χ0) is 46.0. The number of hydrogen-bond acceptors (Lipinski definition) is 2. The second kappa shape index (κ2) is 16.7. The number of nitrogens with zero attached hydrogens (tertiary/aromatic N) is 5. The predicted octanol–water partition coefficient (Wildman–Crippen LogP) is 14.9. The average Bonchev–Trinajstić information content (AvgIpc) is 4.01. The summed E-state index contributed by atoms with van der Waals surface area (Å²) in [7, 11) is 0. The van der Waals surface area contributed by atoms with E-state index in [9.17, 15) is 0 Å². The van der Waals surface area contributed by atoms with Crippen molar-refractivity contribution in [2.75, 3.05) is 0 Å². The predicted molar refractivity (Wildman–Crippen MR) is 258 cm³/mol. The number of aromatic nitrogens is 5. The van der Waals surface area contributed by atoms with Crippen molar-refractivity contribution >= 4 is 0 Å². The lowest BCUT2D eigenvalue weighted by atomic mass is 9.84. The summed E-state index contributed by atoms with van der Waals surface area (Å²) < 4.78 is 53.9. The number of halogens is 3. The third-order valence-electron chi connectivity index (χ3n) is 12.8. The molecule has 0 aliphatic heterocycles. The third kappa shape index (κ3) is 7.71. The number of hydrogen-bond donors (Lipinski definition) is 0. The van der Waals surface area contributed by atoms with Crippen molar-refractivity contribution in [3.05, 3.63) is 207 Å². The Morgan fingerprint density at radius 3 is 1.25 bits per heavy atom. The minimum absolute atomic E-state index is 0.405. The first kappa shape index (κ1) is 43.1. The maximum absolute atomic E-state index is 16.0. The van der Waals surface area contributed by atoms with E-state index in [1.807, 2.05) is 31.6 Å². The lowest BCUT2D eigenvalue weighted by Crippen LogP contribution is -2.09. The van der Waals surface area contributed by atoms with Gasteiger partial charge in [0.1, 0.15) is 29.1 Å². The standard InChI is InChI=1S/C57H52F3N5/c1-32-23-35(4)52(36(5)24-32)63-20-17-46(51-31-44(60)13-16-48(51)57-62-19-22-65(57)54-39(8)27-34(3)28-40(54)9)55(63)45-14-11-42(58)29-49(45)41(10)50-30-43(59)12-15-47(50)56-61-18-21-64(56)53-37(6)25-33(2)26-38(53)7/h11-31,41H,1-10H3. The van der Waals surface area contributed by atoms with Gasteiger partial charge in [-0.05, 0) is 173 Å². The van der Waals surface area contributed by atoms with Crippen LogP contribution in [0.15, 0.2) is 128 Å². The van der Waals surface area contributed by atoms with E-state index in [0.717, 1.165) is 89.5 Å². The van der Waals surface area contributed by atoms with Gasteiger partial charge < -0.3 is 4.57 Å². The van der Waals surface area contributed by atoms with Crippen LogP contribution in [-0.4, -0.2) is 23.7 Å². The van der Waals surface area contributed by atoms with Crippen LogP contribution in [-0.2, 0) is 0 Å². The Hall–Kier alpha value is -7.19. The molecular formula is C57H52F3N5. The molecule has 8 heteroatoms. The van der Waals surface area contributed by atoms with E-state index in [1.165, 1.54) is 24.3 Å². The van der Waals surface area contributed by atoms with Crippen LogP contribution >= 0.6 is 0 Å². The molecule has 3 heterocycles. The maximum Gasteiger partial charge on any atom is 0.145 e. The van der Waals surface area contributed by atoms with Gasteiger partial charge in [-0.1, -0.05) is 60.0 Å². The quantitative estimate of drug-likeness (QED) is 0.145. The summed E-state index contributed by atoms with van der Waals surface area (Å²) >= 11 is 0. The lowest BCUT2D eigenvalue weighted by Gasteiger charge is -2.24. The molecule has 0 bridgehead atoms. The highest BCUT2D eigenvalue weighted by Gasteiger charge is 2.28. The zero-order valence-electron chi connectivity index (χ0n) is 38.6. The first-order chi connectivity index (χ1) is 31.1. The molecule has 0 amide bonds. The molecule has 0 fully saturated rings. The Balaban J connectivity index is 1.30. The van der Waals surface area contributed by atoms with Crippen LogP contribution in [0.3, 0.4) is 0 Å². The van der Waals surface area contributed by atoms with Gasteiger partial charge in [-0.15, -0.1) is 0 Å². The molecule has 0 radical (unpaired) electrons. The Morgan fingerprint density at radius 2 is 0.769 bits per heavy atom. The van der Waals surface area contributed by atoms with Crippen LogP contribution in [0.1, 0.15) is 74.0 Å². The first-order valence-electron chi connectivity index (χ1n) is 22.0. The van der Waals surface area contributed by atoms with E-state index in [0.29, 0.717) is 33.9 Å². The van der Waals surface area contributed by atoms with Gasteiger partial charge in [0.2, 0.25) is 0 Å². The molecule has 1 unspecified atom stereocenters. The van der Waals surface area contributed by atoms with Crippen LogP contribution in [0.4, 0.5) is 13.2 Å². The van der Waals surface area contributed by atoms with Gasteiger partial charge in [0.15, 0.2) is 0 Å². The minimum atomic E-state index is -0.550. The van der Waals surface area contributed by atoms with Crippen molar-refractivity contribution in [2.24, 2.45) is 0 Å². The van der Waals surface area contributed by atoms with Crippen molar-refractivity contribution in [1.82, 2.24) is 23.7 Å². The number of benzene rings is 6. The molecular weight excluding hydrogens is 812 g/mol. The SMILES string of the molecule is Cc1cc(C)c(-n2ccnc2-c2ccc(F)cc2-c2ccn(-c3c(C)cc(C)cc3C)c2-c2ccc(F)cc2C(C)c2cc(F)ccc2-c2nccn2-c2c(C)cc(C)cc2C)c(C)c1. The fraction of sp³-hybridized carbons (Fsp3) is 0.193. The summed E-state index contributed by atoms with van der Waals surface area (Å²) in [6, 6.07) is 29.3. The minimum Gasteiger partial charge on any atom is -0.315 e. The summed E-state index contributed by atoms with van der Waals surface area (Å²) in [6.45, 7) is 20.7. The second-order valence-electron chi connectivity index (χ2n) is 17.8. The summed E-state index contributed by atoms with van der Waals surface area (Å²) in [5, 5.41) is 0. The van der Waals surface area contributed by atoms with E-state index in [1.54, 1.807) is 42.7 Å². The van der Waals surface area contributed by atoms with Crippen LogP contribution in [0.25, 0.3) is 62.2 Å².